The van der Waals surface area contributed by atoms with Gasteiger partial charge in [-0.2, -0.15) is 13.2 Å². The van der Waals surface area contributed by atoms with E-state index in [2.05, 4.69) is 26.1 Å². The van der Waals surface area contributed by atoms with Crippen LogP contribution in [0.2, 0.25) is 0 Å². The largest absolute Gasteiger partial charge is 0.416 e. The van der Waals surface area contributed by atoms with E-state index in [4.69, 9.17) is 0 Å². The van der Waals surface area contributed by atoms with Gasteiger partial charge in [0.1, 0.15) is 0 Å². The summed E-state index contributed by atoms with van der Waals surface area (Å²) in [5.41, 5.74) is -0.0701. The highest BCUT2D eigenvalue weighted by molar-refractivity contribution is 5.94. The Morgan fingerprint density at radius 1 is 1.03 bits per heavy atom. The average Bonchev–Trinajstić information content (AvgIpc) is 3.15. The molecule has 0 bridgehead atoms. The predicted molar refractivity (Wildman–Crippen MR) is 102 cm³/mol. The molecule has 0 aliphatic heterocycles. The summed E-state index contributed by atoms with van der Waals surface area (Å²) in [6.07, 6.45) is -2.67. The van der Waals surface area contributed by atoms with Crippen molar-refractivity contribution in [1.82, 2.24) is 30.5 Å². The molecule has 1 atom stereocenters. The lowest BCUT2D eigenvalue weighted by Crippen LogP contribution is -2.41. The normalized spacial score (nSPS) is 12.4. The van der Waals surface area contributed by atoms with Gasteiger partial charge < -0.3 is 16.0 Å². The van der Waals surface area contributed by atoms with Crippen LogP contribution >= 0.6 is 0 Å². The number of urea groups is 1. The minimum absolute atomic E-state index is 0.0970. The van der Waals surface area contributed by atoms with Gasteiger partial charge in [0.05, 0.1) is 11.6 Å². The Morgan fingerprint density at radius 3 is 2.43 bits per heavy atom. The minimum atomic E-state index is -4.46. The van der Waals surface area contributed by atoms with Crippen LogP contribution in [0.1, 0.15) is 34.7 Å². The number of halogens is 3. The molecular weight excluding hydrogens is 401 g/mol. The molecule has 1 aromatic carbocycles. The quantitative estimate of drug-likeness (QED) is 0.534. The first kappa shape index (κ1) is 21.1. The number of alkyl halides is 3. The van der Waals surface area contributed by atoms with Crippen molar-refractivity contribution in [3.8, 4) is 0 Å². The molecule has 3 N–H and O–H groups in total. The number of pyridine rings is 1. The molecule has 0 saturated heterocycles. The summed E-state index contributed by atoms with van der Waals surface area (Å²) in [5.74, 6) is 0.0330. The van der Waals surface area contributed by atoms with Gasteiger partial charge in [0.2, 0.25) is 0 Å². The highest BCUT2D eigenvalue weighted by Crippen LogP contribution is 2.29. The summed E-state index contributed by atoms with van der Waals surface area (Å²) in [7, 11) is 0. The van der Waals surface area contributed by atoms with E-state index in [1.54, 1.807) is 23.6 Å². The number of rotatable bonds is 6. The molecule has 0 spiro atoms. The minimum Gasteiger partial charge on any atom is -0.350 e. The molecule has 3 rings (SSSR count). The van der Waals surface area contributed by atoms with Crippen molar-refractivity contribution in [2.75, 3.05) is 13.1 Å². The van der Waals surface area contributed by atoms with E-state index in [1.165, 1.54) is 0 Å². The maximum absolute atomic E-state index is 12.5. The Morgan fingerprint density at radius 2 is 1.73 bits per heavy atom. The van der Waals surface area contributed by atoms with Gasteiger partial charge in [-0.05, 0) is 43.3 Å². The molecule has 0 saturated carbocycles. The standard InChI is InChI=1S/C19H19F3N6O2/c1-12(16-27-26-15-4-2-3-11-28(15)16)25-18(30)24-10-9-23-17(29)13-5-7-14(8-6-13)19(20,21)22/h2-8,11-12H,9-10H2,1H3,(H,23,29)(H2,24,25,30)/t12-/m0/s1. The van der Waals surface area contributed by atoms with Gasteiger partial charge in [-0.1, -0.05) is 6.07 Å². The molecular formula is C19H19F3N6O2. The van der Waals surface area contributed by atoms with Crippen LogP contribution in [-0.4, -0.2) is 39.6 Å². The lowest BCUT2D eigenvalue weighted by Gasteiger charge is -2.13. The number of fused-ring (bicyclic) bond motifs is 1. The smallest absolute Gasteiger partial charge is 0.350 e. The molecule has 3 aromatic rings. The zero-order valence-corrected chi connectivity index (χ0v) is 15.9. The highest BCUT2D eigenvalue weighted by atomic mass is 19.4. The Bertz CT molecular complexity index is 1030. The molecule has 0 radical (unpaired) electrons. The van der Waals surface area contributed by atoms with Crippen molar-refractivity contribution in [2.24, 2.45) is 0 Å². The number of hydrogen-bond acceptors (Lipinski definition) is 4. The van der Waals surface area contributed by atoms with Gasteiger partial charge in [-0.3, -0.25) is 9.20 Å². The maximum Gasteiger partial charge on any atom is 0.416 e. The van der Waals surface area contributed by atoms with Crippen molar-refractivity contribution < 1.29 is 22.8 Å². The Balaban J connectivity index is 1.43. The van der Waals surface area contributed by atoms with Gasteiger partial charge >= 0.3 is 12.2 Å². The first-order valence-electron chi connectivity index (χ1n) is 9.05. The Hall–Kier alpha value is -3.63. The third kappa shape index (κ3) is 5.04. The average molecular weight is 420 g/mol. The molecule has 2 heterocycles. The van der Waals surface area contributed by atoms with E-state index in [-0.39, 0.29) is 18.7 Å². The van der Waals surface area contributed by atoms with Gasteiger partial charge in [-0.15, -0.1) is 10.2 Å². The van der Waals surface area contributed by atoms with Crippen LogP contribution in [0.3, 0.4) is 0 Å². The van der Waals surface area contributed by atoms with E-state index in [9.17, 15) is 22.8 Å². The molecule has 158 valence electrons. The van der Waals surface area contributed by atoms with Gasteiger partial charge in [0.15, 0.2) is 11.5 Å². The molecule has 2 aromatic heterocycles. The number of nitrogens with one attached hydrogen (secondary N) is 3. The van der Waals surface area contributed by atoms with Crippen molar-refractivity contribution in [3.63, 3.8) is 0 Å². The number of hydrogen-bond donors (Lipinski definition) is 3. The zero-order valence-electron chi connectivity index (χ0n) is 15.9. The number of benzene rings is 1. The van der Waals surface area contributed by atoms with Gasteiger partial charge in [-0.25, -0.2) is 4.79 Å². The van der Waals surface area contributed by atoms with Crippen LogP contribution in [0.5, 0.6) is 0 Å². The lowest BCUT2D eigenvalue weighted by molar-refractivity contribution is -0.137. The Kier molecular flexibility index (Phi) is 6.19. The fourth-order valence-corrected chi connectivity index (χ4v) is 2.73. The van der Waals surface area contributed by atoms with E-state index in [1.807, 2.05) is 12.1 Å². The summed E-state index contributed by atoms with van der Waals surface area (Å²) >= 11 is 0. The van der Waals surface area contributed by atoms with Crippen LogP contribution in [0, 0.1) is 0 Å². The molecule has 3 amide bonds. The summed E-state index contributed by atoms with van der Waals surface area (Å²) in [6, 6.07) is 8.47. The first-order valence-corrected chi connectivity index (χ1v) is 9.05. The molecule has 11 heteroatoms. The second-order valence-corrected chi connectivity index (χ2v) is 6.44. The molecule has 0 fully saturated rings. The van der Waals surface area contributed by atoms with E-state index >= 15 is 0 Å². The summed E-state index contributed by atoms with van der Waals surface area (Å²) in [5, 5.41) is 15.9. The highest BCUT2D eigenvalue weighted by Gasteiger charge is 2.30. The monoisotopic (exact) mass is 420 g/mol. The first-order chi connectivity index (χ1) is 14.3. The molecule has 8 nitrogen and oxygen atoms in total. The van der Waals surface area contributed by atoms with E-state index < -0.39 is 29.7 Å². The summed E-state index contributed by atoms with van der Waals surface area (Å²) in [6.45, 7) is 2.00. The van der Waals surface area contributed by atoms with Crippen LogP contribution in [0.4, 0.5) is 18.0 Å². The molecule has 0 aliphatic carbocycles. The fraction of sp³-hybridized carbons (Fsp3) is 0.263. The van der Waals surface area contributed by atoms with Crippen LogP contribution < -0.4 is 16.0 Å². The summed E-state index contributed by atoms with van der Waals surface area (Å²) < 4.78 is 39.4. The van der Waals surface area contributed by atoms with Crippen molar-refractivity contribution >= 4 is 17.6 Å². The van der Waals surface area contributed by atoms with Crippen molar-refractivity contribution in [1.29, 1.82) is 0 Å². The summed E-state index contributed by atoms with van der Waals surface area (Å²) in [4.78, 5) is 24.0. The third-order valence-corrected chi connectivity index (χ3v) is 4.25. The lowest BCUT2D eigenvalue weighted by atomic mass is 10.1. The Labute approximate surface area is 169 Å². The van der Waals surface area contributed by atoms with Crippen molar-refractivity contribution in [3.05, 3.63) is 65.6 Å². The van der Waals surface area contributed by atoms with E-state index in [0.29, 0.717) is 11.5 Å². The fourth-order valence-electron chi connectivity index (χ4n) is 2.73. The van der Waals surface area contributed by atoms with Crippen LogP contribution in [0.15, 0.2) is 48.7 Å². The predicted octanol–water partition coefficient (Wildman–Crippen LogP) is 2.54. The molecule has 0 aliphatic rings. The maximum atomic E-state index is 12.5. The van der Waals surface area contributed by atoms with Crippen LogP contribution in [0.25, 0.3) is 5.65 Å². The number of amides is 3. The second kappa shape index (κ2) is 8.80. The SMILES string of the molecule is C[C@H](NC(=O)NCCNC(=O)c1ccc(C(F)(F)F)cc1)c1nnc2ccccn12. The number of aromatic nitrogens is 3. The zero-order chi connectivity index (χ0) is 21.7. The van der Waals surface area contributed by atoms with E-state index in [0.717, 1.165) is 24.3 Å². The molecule has 0 unspecified atom stereocenters. The van der Waals surface area contributed by atoms with Gasteiger partial charge in [0, 0.05) is 24.8 Å². The molecule has 30 heavy (non-hydrogen) atoms. The van der Waals surface area contributed by atoms with Gasteiger partial charge in [0.25, 0.3) is 5.91 Å². The number of carbonyl (C=O) groups is 2. The topological polar surface area (TPSA) is 100 Å². The van der Waals surface area contributed by atoms with Crippen molar-refractivity contribution in [2.45, 2.75) is 19.1 Å². The third-order valence-electron chi connectivity index (χ3n) is 4.25. The van der Waals surface area contributed by atoms with Crippen LogP contribution in [-0.2, 0) is 6.18 Å². The number of nitrogens with zero attached hydrogens (tertiary/aromatic N) is 3. The second-order valence-electron chi connectivity index (χ2n) is 6.44. The number of carbonyl (C=O) groups excluding carboxylic acids is 2.